The fourth-order valence-electron chi connectivity index (χ4n) is 1.46. The van der Waals surface area contributed by atoms with E-state index in [1.54, 1.807) is 24.3 Å². The quantitative estimate of drug-likeness (QED) is 0.697. The summed E-state index contributed by atoms with van der Waals surface area (Å²) in [5.41, 5.74) is -0.899. The molecule has 16 heavy (non-hydrogen) atoms. The Labute approximate surface area is 94.5 Å². The number of aldehydes is 1. The van der Waals surface area contributed by atoms with Crippen molar-refractivity contribution < 1.29 is 19.7 Å². The van der Waals surface area contributed by atoms with Gasteiger partial charge in [-0.3, -0.25) is 0 Å². The third-order valence-electron chi connectivity index (χ3n) is 2.25. The van der Waals surface area contributed by atoms with Gasteiger partial charge >= 0.3 is 0 Å². The van der Waals surface area contributed by atoms with Gasteiger partial charge in [0.1, 0.15) is 11.7 Å². The van der Waals surface area contributed by atoms with Gasteiger partial charge in [0.25, 0.3) is 0 Å². The average molecular weight is 224 g/mol. The number of aliphatic hydroxyl groups is 2. The number of carbonyl (C=O) groups is 1. The smallest absolute Gasteiger partial charge is 0.154 e. The first-order chi connectivity index (χ1) is 7.61. The molecule has 0 spiro atoms. The van der Waals surface area contributed by atoms with Gasteiger partial charge in [0.05, 0.1) is 13.2 Å². The maximum absolute atomic E-state index is 10.8. The molecule has 0 aliphatic heterocycles. The fraction of sp³-hybridized carbons (Fsp3) is 0.417. The molecule has 0 fully saturated rings. The van der Waals surface area contributed by atoms with Gasteiger partial charge in [-0.1, -0.05) is 30.3 Å². The maximum Gasteiger partial charge on any atom is 0.154 e. The summed E-state index contributed by atoms with van der Waals surface area (Å²) in [5.74, 6) is 0. The number of carbonyl (C=O) groups excluding carboxylic acids is 1. The predicted molar refractivity (Wildman–Crippen MR) is 58.9 cm³/mol. The SMILES string of the molecule is CC(O)(C=O)C(OCCO)c1ccccc1. The lowest BCUT2D eigenvalue weighted by atomic mass is 9.94. The van der Waals surface area contributed by atoms with Crippen LogP contribution in [0.25, 0.3) is 0 Å². The van der Waals surface area contributed by atoms with Crippen molar-refractivity contribution >= 4 is 6.29 Å². The first-order valence-corrected chi connectivity index (χ1v) is 5.08. The van der Waals surface area contributed by atoms with Crippen molar-refractivity contribution in [2.24, 2.45) is 0 Å². The van der Waals surface area contributed by atoms with E-state index < -0.39 is 11.7 Å². The van der Waals surface area contributed by atoms with Crippen LogP contribution in [0.15, 0.2) is 30.3 Å². The highest BCUT2D eigenvalue weighted by molar-refractivity contribution is 5.63. The van der Waals surface area contributed by atoms with Crippen LogP contribution in [0.5, 0.6) is 0 Å². The molecular formula is C12H16O4. The summed E-state index contributed by atoms with van der Waals surface area (Å²) in [7, 11) is 0. The van der Waals surface area contributed by atoms with Gasteiger partial charge < -0.3 is 19.7 Å². The van der Waals surface area contributed by atoms with Gasteiger partial charge in [-0.15, -0.1) is 0 Å². The van der Waals surface area contributed by atoms with Crippen LogP contribution in [0.1, 0.15) is 18.6 Å². The number of aliphatic hydroxyl groups excluding tert-OH is 1. The van der Waals surface area contributed by atoms with Crippen LogP contribution >= 0.6 is 0 Å². The lowest BCUT2D eigenvalue weighted by molar-refractivity contribution is -0.142. The lowest BCUT2D eigenvalue weighted by Crippen LogP contribution is -2.36. The summed E-state index contributed by atoms with van der Waals surface area (Å²) < 4.78 is 5.30. The van der Waals surface area contributed by atoms with Crippen LogP contribution in [0, 0.1) is 0 Å². The highest BCUT2D eigenvalue weighted by Crippen LogP contribution is 2.27. The van der Waals surface area contributed by atoms with Crippen molar-refractivity contribution in [3.8, 4) is 0 Å². The Bertz CT molecular complexity index is 321. The van der Waals surface area contributed by atoms with Gasteiger partial charge in [-0.2, -0.15) is 0 Å². The van der Waals surface area contributed by atoms with Gasteiger partial charge in [-0.05, 0) is 12.5 Å². The monoisotopic (exact) mass is 224 g/mol. The molecule has 2 N–H and O–H groups in total. The van der Waals surface area contributed by atoms with Crippen LogP contribution in [-0.4, -0.2) is 35.3 Å². The topological polar surface area (TPSA) is 66.8 Å². The molecule has 0 saturated heterocycles. The Morgan fingerprint density at radius 1 is 1.44 bits per heavy atom. The number of rotatable bonds is 6. The molecule has 0 amide bonds. The minimum Gasteiger partial charge on any atom is -0.394 e. The Kier molecular flexibility index (Phi) is 4.61. The van der Waals surface area contributed by atoms with Crippen molar-refractivity contribution in [1.82, 2.24) is 0 Å². The van der Waals surface area contributed by atoms with E-state index >= 15 is 0 Å². The summed E-state index contributed by atoms with van der Waals surface area (Å²) in [6.45, 7) is 1.30. The molecule has 4 nitrogen and oxygen atoms in total. The predicted octanol–water partition coefficient (Wildman–Crippen LogP) is 0.686. The Hall–Kier alpha value is -1.23. The zero-order valence-corrected chi connectivity index (χ0v) is 9.17. The van der Waals surface area contributed by atoms with Crippen molar-refractivity contribution in [3.05, 3.63) is 35.9 Å². The third kappa shape index (κ3) is 3.13. The summed E-state index contributed by atoms with van der Waals surface area (Å²) in [6.07, 6.45) is -0.319. The van der Waals surface area contributed by atoms with E-state index in [9.17, 15) is 9.90 Å². The highest BCUT2D eigenvalue weighted by atomic mass is 16.5. The van der Waals surface area contributed by atoms with E-state index in [1.165, 1.54) is 6.92 Å². The second-order valence-electron chi connectivity index (χ2n) is 3.73. The minimum atomic E-state index is -1.60. The standard InChI is InChI=1S/C12H16O4/c1-12(15,9-14)11(16-8-7-13)10-5-3-2-4-6-10/h2-6,9,11,13,15H,7-8H2,1H3. The number of ether oxygens (including phenoxy) is 1. The largest absolute Gasteiger partial charge is 0.394 e. The number of hydrogen-bond acceptors (Lipinski definition) is 4. The van der Waals surface area contributed by atoms with E-state index in [4.69, 9.17) is 9.84 Å². The normalized spacial score (nSPS) is 16.4. The van der Waals surface area contributed by atoms with Crippen LogP contribution in [0.4, 0.5) is 0 Å². The molecule has 2 unspecified atom stereocenters. The van der Waals surface area contributed by atoms with Gasteiger partial charge in [-0.25, -0.2) is 0 Å². The molecule has 4 heteroatoms. The molecule has 0 saturated carbocycles. The summed E-state index contributed by atoms with van der Waals surface area (Å²) >= 11 is 0. The summed E-state index contributed by atoms with van der Waals surface area (Å²) in [5, 5.41) is 18.6. The Morgan fingerprint density at radius 3 is 2.56 bits per heavy atom. The maximum atomic E-state index is 10.8. The van der Waals surface area contributed by atoms with Crippen LogP contribution < -0.4 is 0 Å². The first kappa shape index (κ1) is 12.8. The first-order valence-electron chi connectivity index (χ1n) is 5.08. The molecule has 0 radical (unpaired) electrons. The molecule has 0 bridgehead atoms. The van der Waals surface area contributed by atoms with Crippen molar-refractivity contribution in [2.45, 2.75) is 18.6 Å². The molecule has 0 aromatic heterocycles. The van der Waals surface area contributed by atoms with Gasteiger partial charge in [0.2, 0.25) is 0 Å². The van der Waals surface area contributed by atoms with E-state index in [0.717, 1.165) is 0 Å². The molecule has 0 aliphatic rings. The third-order valence-corrected chi connectivity index (χ3v) is 2.25. The summed E-state index contributed by atoms with van der Waals surface area (Å²) in [4.78, 5) is 10.8. The molecule has 88 valence electrons. The summed E-state index contributed by atoms with van der Waals surface area (Å²) in [6, 6.07) is 8.96. The van der Waals surface area contributed by atoms with E-state index in [0.29, 0.717) is 11.8 Å². The molecule has 1 aromatic rings. The van der Waals surface area contributed by atoms with Gasteiger partial charge in [0, 0.05) is 0 Å². The van der Waals surface area contributed by atoms with Crippen molar-refractivity contribution in [3.63, 3.8) is 0 Å². The average Bonchev–Trinajstić information content (AvgIpc) is 2.31. The van der Waals surface area contributed by atoms with Crippen LogP contribution in [0.3, 0.4) is 0 Å². The molecule has 1 aromatic carbocycles. The minimum absolute atomic E-state index is 0.0730. The highest BCUT2D eigenvalue weighted by Gasteiger charge is 2.33. The second-order valence-corrected chi connectivity index (χ2v) is 3.73. The zero-order chi connectivity index (χ0) is 12.0. The van der Waals surface area contributed by atoms with Crippen molar-refractivity contribution in [2.75, 3.05) is 13.2 Å². The van der Waals surface area contributed by atoms with Crippen LogP contribution in [0.2, 0.25) is 0 Å². The van der Waals surface area contributed by atoms with Crippen molar-refractivity contribution in [1.29, 1.82) is 0 Å². The second kappa shape index (κ2) is 5.75. The van der Waals surface area contributed by atoms with E-state index in [1.807, 2.05) is 6.07 Å². The molecule has 1 rings (SSSR count). The molecule has 2 atom stereocenters. The Balaban J connectivity index is 2.92. The molecule has 0 aliphatic carbocycles. The fourth-order valence-corrected chi connectivity index (χ4v) is 1.46. The van der Waals surface area contributed by atoms with Gasteiger partial charge in [0.15, 0.2) is 6.29 Å². The van der Waals surface area contributed by atoms with E-state index in [-0.39, 0.29) is 13.2 Å². The Morgan fingerprint density at radius 2 is 2.06 bits per heavy atom. The number of benzene rings is 1. The molecular weight excluding hydrogens is 208 g/mol. The van der Waals surface area contributed by atoms with Crippen LogP contribution in [-0.2, 0) is 9.53 Å². The molecule has 0 heterocycles. The zero-order valence-electron chi connectivity index (χ0n) is 9.17. The van der Waals surface area contributed by atoms with E-state index in [2.05, 4.69) is 0 Å². The number of hydrogen-bond donors (Lipinski definition) is 2. The lowest BCUT2D eigenvalue weighted by Gasteiger charge is -2.28.